The Kier molecular flexibility index (Phi) is 62.9. The van der Waals surface area contributed by atoms with Crippen molar-refractivity contribution in [1.29, 1.82) is 0 Å². The fourth-order valence-corrected chi connectivity index (χ4v) is 10.9. The van der Waals surface area contributed by atoms with Crippen molar-refractivity contribution in [3.8, 4) is 0 Å². The Labute approximate surface area is 463 Å². The molecule has 0 rings (SSSR count). The number of carbonyl (C=O) groups excluding carboxylic acids is 2. The van der Waals surface area contributed by atoms with Crippen LogP contribution in [0, 0.1) is 0 Å². The third kappa shape index (κ3) is 59.8. The number of aliphatic hydroxyl groups excluding tert-OH is 2. The van der Waals surface area contributed by atoms with Gasteiger partial charge < -0.3 is 20.3 Å². The van der Waals surface area contributed by atoms with Crippen molar-refractivity contribution in [3.05, 3.63) is 12.2 Å². The molecule has 0 heterocycles. The van der Waals surface area contributed by atoms with E-state index < -0.39 is 12.1 Å². The first-order valence-electron chi connectivity index (χ1n) is 33.9. The molecule has 0 radical (unpaired) electrons. The van der Waals surface area contributed by atoms with Crippen molar-refractivity contribution in [1.82, 2.24) is 5.32 Å². The summed E-state index contributed by atoms with van der Waals surface area (Å²) < 4.78 is 5.51. The molecule has 2 unspecified atom stereocenters. The smallest absolute Gasteiger partial charge is 0.305 e. The Bertz CT molecular complexity index is 1110. The molecule has 6 nitrogen and oxygen atoms in total. The maximum Gasteiger partial charge on any atom is 0.305 e. The summed E-state index contributed by atoms with van der Waals surface area (Å²) in [6.45, 7) is 4.97. The molecule has 0 fully saturated rings. The number of unbranched alkanes of at least 4 members (excludes halogenated alkanes) is 51. The van der Waals surface area contributed by atoms with E-state index in [1.807, 2.05) is 0 Å². The molecule has 440 valence electrons. The summed E-state index contributed by atoms with van der Waals surface area (Å²) in [5.74, 6) is -0.0111. The Morgan fingerprint density at radius 2 is 0.635 bits per heavy atom. The Morgan fingerprint density at radius 1 is 0.365 bits per heavy atom. The third-order valence-electron chi connectivity index (χ3n) is 16.1. The third-order valence-corrected chi connectivity index (χ3v) is 16.1. The molecule has 0 aromatic rings. The van der Waals surface area contributed by atoms with Gasteiger partial charge in [-0.05, 0) is 51.4 Å². The largest absolute Gasteiger partial charge is 0.466 e. The summed E-state index contributed by atoms with van der Waals surface area (Å²) in [6.07, 6.45) is 78.4. The van der Waals surface area contributed by atoms with E-state index >= 15 is 0 Å². The highest BCUT2D eigenvalue weighted by molar-refractivity contribution is 5.76. The molecule has 0 aliphatic carbocycles. The van der Waals surface area contributed by atoms with Crippen LogP contribution in [0.2, 0.25) is 0 Å². The molecule has 0 bridgehead atoms. The lowest BCUT2D eigenvalue weighted by Gasteiger charge is -2.22. The van der Waals surface area contributed by atoms with Crippen molar-refractivity contribution < 1.29 is 24.5 Å². The predicted molar refractivity (Wildman–Crippen MR) is 324 cm³/mol. The summed E-state index contributed by atoms with van der Waals surface area (Å²) >= 11 is 0. The maximum atomic E-state index is 12.4. The van der Waals surface area contributed by atoms with Crippen molar-refractivity contribution in [2.24, 2.45) is 0 Å². The second-order valence-electron chi connectivity index (χ2n) is 23.5. The van der Waals surface area contributed by atoms with Crippen LogP contribution in [0.3, 0.4) is 0 Å². The van der Waals surface area contributed by atoms with E-state index in [0.717, 1.165) is 38.5 Å². The van der Waals surface area contributed by atoms with E-state index in [2.05, 4.69) is 31.3 Å². The van der Waals surface area contributed by atoms with Gasteiger partial charge in [0.2, 0.25) is 5.91 Å². The Hall–Kier alpha value is -1.40. The van der Waals surface area contributed by atoms with Crippen LogP contribution in [0.5, 0.6) is 0 Å². The Balaban J connectivity index is 3.31. The summed E-state index contributed by atoms with van der Waals surface area (Å²) in [6, 6.07) is -0.537. The number of nitrogens with one attached hydrogen (secondary N) is 1. The van der Waals surface area contributed by atoms with Crippen LogP contribution in [0.15, 0.2) is 12.2 Å². The molecular formula is C68H133NO5. The summed E-state index contributed by atoms with van der Waals surface area (Å²) in [5.41, 5.74) is 0. The van der Waals surface area contributed by atoms with Crippen molar-refractivity contribution in [2.45, 2.75) is 398 Å². The van der Waals surface area contributed by atoms with E-state index in [1.165, 1.54) is 315 Å². The minimum absolute atomic E-state index is 0.0223. The topological polar surface area (TPSA) is 95.9 Å². The van der Waals surface area contributed by atoms with Crippen LogP contribution in [0.1, 0.15) is 386 Å². The van der Waals surface area contributed by atoms with Gasteiger partial charge in [0.1, 0.15) is 0 Å². The van der Waals surface area contributed by atoms with Gasteiger partial charge in [0.05, 0.1) is 25.4 Å². The fraction of sp³-hybridized carbons (Fsp3) is 0.941. The number of allylic oxidation sites excluding steroid dienone is 2. The average molecular weight is 1040 g/mol. The van der Waals surface area contributed by atoms with Crippen LogP contribution in [-0.2, 0) is 14.3 Å². The van der Waals surface area contributed by atoms with Gasteiger partial charge in [0, 0.05) is 12.8 Å². The minimum atomic E-state index is -0.659. The zero-order valence-electron chi connectivity index (χ0n) is 50.4. The number of hydrogen-bond donors (Lipinski definition) is 3. The molecule has 0 aliphatic rings. The summed E-state index contributed by atoms with van der Waals surface area (Å²) in [4.78, 5) is 24.5. The molecular weight excluding hydrogens is 911 g/mol. The first-order chi connectivity index (χ1) is 36.5. The van der Waals surface area contributed by atoms with Gasteiger partial charge >= 0.3 is 5.97 Å². The molecule has 0 aromatic heterocycles. The van der Waals surface area contributed by atoms with Gasteiger partial charge in [0.15, 0.2) is 0 Å². The quantitative estimate of drug-likeness (QED) is 0.0320. The van der Waals surface area contributed by atoms with Crippen LogP contribution < -0.4 is 5.32 Å². The maximum absolute atomic E-state index is 12.4. The number of aliphatic hydroxyl groups is 2. The molecule has 74 heavy (non-hydrogen) atoms. The molecule has 1 amide bonds. The lowest BCUT2D eigenvalue weighted by atomic mass is 10.0. The molecule has 0 spiro atoms. The van der Waals surface area contributed by atoms with Crippen LogP contribution >= 0.6 is 0 Å². The normalized spacial score (nSPS) is 12.5. The second kappa shape index (κ2) is 64.1. The standard InChI is InChI=1S/C68H133NO5/c1-3-5-7-9-11-13-14-15-16-32-36-39-42-46-50-54-58-62-68(73)74-63-59-55-51-47-43-40-37-34-31-29-27-25-23-21-19-17-18-20-22-24-26-28-30-33-35-38-41-45-49-53-57-61-67(72)69-65(64-70)66(71)60-56-52-48-44-12-10-8-6-4-2/h19,21,65-66,70-71H,3-18,20,22-64H2,1-2H3,(H,69,72)/b21-19-. The summed E-state index contributed by atoms with van der Waals surface area (Å²) in [5, 5.41) is 23.1. The minimum Gasteiger partial charge on any atom is -0.466 e. The zero-order chi connectivity index (χ0) is 53.6. The molecule has 0 aliphatic heterocycles. The van der Waals surface area contributed by atoms with E-state index in [9.17, 15) is 19.8 Å². The van der Waals surface area contributed by atoms with E-state index in [1.54, 1.807) is 0 Å². The number of ether oxygens (including phenoxy) is 1. The van der Waals surface area contributed by atoms with Gasteiger partial charge in [-0.25, -0.2) is 0 Å². The fourth-order valence-electron chi connectivity index (χ4n) is 10.9. The van der Waals surface area contributed by atoms with E-state index in [4.69, 9.17) is 4.74 Å². The lowest BCUT2D eigenvalue weighted by molar-refractivity contribution is -0.143. The first kappa shape index (κ1) is 72.6. The van der Waals surface area contributed by atoms with Gasteiger partial charge in [0.25, 0.3) is 0 Å². The Morgan fingerprint density at radius 3 is 0.959 bits per heavy atom. The van der Waals surface area contributed by atoms with Crippen molar-refractivity contribution in [2.75, 3.05) is 13.2 Å². The van der Waals surface area contributed by atoms with Gasteiger partial charge in [-0.15, -0.1) is 0 Å². The number of amides is 1. The second-order valence-corrected chi connectivity index (χ2v) is 23.5. The van der Waals surface area contributed by atoms with Gasteiger partial charge in [-0.1, -0.05) is 334 Å². The number of carbonyl (C=O) groups is 2. The van der Waals surface area contributed by atoms with E-state index in [0.29, 0.717) is 25.9 Å². The van der Waals surface area contributed by atoms with Gasteiger partial charge in [-0.3, -0.25) is 9.59 Å². The molecule has 6 heteroatoms. The summed E-state index contributed by atoms with van der Waals surface area (Å²) in [7, 11) is 0. The van der Waals surface area contributed by atoms with Gasteiger partial charge in [-0.2, -0.15) is 0 Å². The van der Waals surface area contributed by atoms with Crippen LogP contribution in [0.25, 0.3) is 0 Å². The monoisotopic (exact) mass is 1040 g/mol. The van der Waals surface area contributed by atoms with Crippen LogP contribution in [-0.4, -0.2) is 47.4 Å². The molecule has 0 saturated carbocycles. The number of rotatable bonds is 64. The molecule has 3 N–H and O–H groups in total. The molecule has 0 aromatic carbocycles. The zero-order valence-corrected chi connectivity index (χ0v) is 50.4. The average Bonchev–Trinajstić information content (AvgIpc) is 3.40. The molecule has 2 atom stereocenters. The van der Waals surface area contributed by atoms with Crippen molar-refractivity contribution in [3.63, 3.8) is 0 Å². The molecule has 0 saturated heterocycles. The number of esters is 1. The van der Waals surface area contributed by atoms with Crippen LogP contribution in [0.4, 0.5) is 0 Å². The SMILES string of the molecule is CCCCCCCCCCCCCCCCCCCC(=O)OCCCCCCCCCCCCCC/C=C\CCCCCCCCCCCCCCCCCC(=O)NC(CO)C(O)CCCCCCCCCCC. The highest BCUT2D eigenvalue weighted by atomic mass is 16.5. The van der Waals surface area contributed by atoms with E-state index in [-0.39, 0.29) is 18.5 Å². The lowest BCUT2D eigenvalue weighted by Crippen LogP contribution is -2.45. The highest BCUT2D eigenvalue weighted by Gasteiger charge is 2.20. The predicted octanol–water partition coefficient (Wildman–Crippen LogP) is 21.6. The number of hydrogen-bond acceptors (Lipinski definition) is 5. The van der Waals surface area contributed by atoms with Crippen molar-refractivity contribution >= 4 is 11.9 Å². The highest BCUT2D eigenvalue weighted by Crippen LogP contribution is 2.19. The first-order valence-corrected chi connectivity index (χ1v) is 33.9.